The lowest BCUT2D eigenvalue weighted by Crippen LogP contribution is -2.58. The molecule has 1 aliphatic rings. The Labute approximate surface area is 212 Å². The first-order valence-corrected chi connectivity index (χ1v) is 12.6. The molecule has 1 saturated heterocycles. The molecule has 0 spiro atoms. The van der Waals surface area contributed by atoms with E-state index in [1.165, 1.54) is 17.0 Å². The van der Waals surface area contributed by atoms with Gasteiger partial charge in [-0.05, 0) is 55.2 Å². The molecule has 3 amide bonds. The number of carbonyl (C=O) groups is 4. The van der Waals surface area contributed by atoms with Gasteiger partial charge in [-0.25, -0.2) is 4.79 Å². The Hall–Kier alpha value is -3.14. The second kappa shape index (κ2) is 13.2. The lowest BCUT2D eigenvalue weighted by atomic mass is 9.96. The van der Waals surface area contributed by atoms with Gasteiger partial charge in [0.15, 0.2) is 0 Å². The van der Waals surface area contributed by atoms with Crippen molar-refractivity contribution in [3.63, 3.8) is 0 Å². The van der Waals surface area contributed by atoms with Gasteiger partial charge in [0, 0.05) is 6.54 Å². The van der Waals surface area contributed by atoms with Gasteiger partial charge in [-0.3, -0.25) is 14.4 Å². The van der Waals surface area contributed by atoms with E-state index in [2.05, 4.69) is 10.6 Å². The number of hydrogen-bond acceptors (Lipinski definition) is 6. The monoisotopic (exact) mass is 504 g/mol. The molecule has 0 bridgehead atoms. The fourth-order valence-corrected chi connectivity index (χ4v) is 4.40. The number of aromatic hydroxyl groups is 1. The van der Waals surface area contributed by atoms with Crippen LogP contribution in [-0.2, 0) is 25.6 Å². The van der Waals surface area contributed by atoms with Gasteiger partial charge >= 0.3 is 5.97 Å². The molecule has 1 fully saturated rings. The predicted molar refractivity (Wildman–Crippen MR) is 135 cm³/mol. The molecule has 5 atom stereocenters. The summed E-state index contributed by atoms with van der Waals surface area (Å²) in [6.45, 7) is 7.82. The van der Waals surface area contributed by atoms with Gasteiger partial charge in [0.25, 0.3) is 0 Å². The smallest absolute Gasteiger partial charge is 0.326 e. The van der Waals surface area contributed by atoms with E-state index in [0.29, 0.717) is 25.8 Å². The van der Waals surface area contributed by atoms with Crippen molar-refractivity contribution in [1.29, 1.82) is 0 Å². The van der Waals surface area contributed by atoms with E-state index in [4.69, 9.17) is 5.73 Å². The van der Waals surface area contributed by atoms with E-state index in [1.807, 2.05) is 27.7 Å². The minimum Gasteiger partial charge on any atom is -0.508 e. The number of amides is 3. The molecule has 1 heterocycles. The van der Waals surface area contributed by atoms with Crippen LogP contribution >= 0.6 is 0 Å². The zero-order chi connectivity index (χ0) is 27.0. The van der Waals surface area contributed by atoms with Crippen LogP contribution in [0.1, 0.15) is 58.9 Å². The van der Waals surface area contributed by atoms with Gasteiger partial charge in [-0.1, -0.05) is 46.2 Å². The Bertz CT molecular complexity index is 920. The number of hydrogen-bond donors (Lipinski definition) is 5. The molecule has 1 aliphatic heterocycles. The highest BCUT2D eigenvalue weighted by Crippen LogP contribution is 2.21. The Balaban J connectivity index is 2.09. The number of nitrogens with one attached hydrogen (secondary N) is 2. The lowest BCUT2D eigenvalue weighted by molar-refractivity contribution is -0.143. The summed E-state index contributed by atoms with van der Waals surface area (Å²) in [6.07, 6.45) is 2.19. The van der Waals surface area contributed by atoms with Crippen molar-refractivity contribution < 1.29 is 29.4 Å². The molecule has 6 N–H and O–H groups in total. The van der Waals surface area contributed by atoms with Crippen molar-refractivity contribution in [2.24, 2.45) is 17.6 Å². The van der Waals surface area contributed by atoms with E-state index < -0.39 is 42.0 Å². The molecule has 5 unspecified atom stereocenters. The molecule has 0 radical (unpaired) electrons. The second-order valence-electron chi connectivity index (χ2n) is 10.1. The van der Waals surface area contributed by atoms with Crippen LogP contribution in [0.3, 0.4) is 0 Å². The van der Waals surface area contributed by atoms with Crippen LogP contribution in [0.15, 0.2) is 24.3 Å². The number of phenols is 1. The van der Waals surface area contributed by atoms with Gasteiger partial charge in [0.1, 0.15) is 23.9 Å². The Morgan fingerprint density at radius 1 is 1.11 bits per heavy atom. The van der Waals surface area contributed by atoms with E-state index in [0.717, 1.165) is 5.56 Å². The molecule has 200 valence electrons. The van der Waals surface area contributed by atoms with E-state index in [1.54, 1.807) is 12.1 Å². The summed E-state index contributed by atoms with van der Waals surface area (Å²) in [6, 6.07) is 2.83. The number of benzene rings is 1. The third kappa shape index (κ3) is 7.94. The average Bonchev–Trinajstić information content (AvgIpc) is 3.32. The summed E-state index contributed by atoms with van der Waals surface area (Å²) in [5.74, 6) is -2.54. The number of rotatable bonds is 12. The standard InChI is InChI=1S/C26H40N4O6/c1-5-16(4)22(24(33)28-20(26(35)36)13-15(2)3)29-23(32)21-7-6-12-30(21)25(34)19(27)14-17-8-10-18(31)11-9-17/h8-11,15-16,19-22,31H,5-7,12-14,27H2,1-4H3,(H,28,33)(H,29,32)(H,35,36). The number of carboxylic acid groups (broad SMARTS) is 1. The first-order valence-electron chi connectivity index (χ1n) is 12.6. The molecule has 10 nitrogen and oxygen atoms in total. The highest BCUT2D eigenvalue weighted by molar-refractivity contribution is 5.94. The normalized spacial score (nSPS) is 18.8. The van der Waals surface area contributed by atoms with Crippen molar-refractivity contribution in [3.8, 4) is 5.75 Å². The molecule has 2 rings (SSSR count). The van der Waals surface area contributed by atoms with E-state index in [9.17, 15) is 29.4 Å². The fourth-order valence-electron chi connectivity index (χ4n) is 4.40. The SMILES string of the molecule is CCC(C)C(NC(=O)C1CCCN1C(=O)C(N)Cc1ccc(O)cc1)C(=O)NC(CC(C)C)C(=O)O. The largest absolute Gasteiger partial charge is 0.508 e. The first-order chi connectivity index (χ1) is 16.9. The zero-order valence-electron chi connectivity index (χ0n) is 21.6. The van der Waals surface area contributed by atoms with Crippen molar-refractivity contribution in [3.05, 3.63) is 29.8 Å². The highest BCUT2D eigenvalue weighted by atomic mass is 16.4. The third-order valence-electron chi connectivity index (χ3n) is 6.66. The van der Waals surface area contributed by atoms with E-state index >= 15 is 0 Å². The lowest BCUT2D eigenvalue weighted by Gasteiger charge is -2.30. The number of carbonyl (C=O) groups excluding carboxylic acids is 3. The molecule has 10 heteroatoms. The van der Waals surface area contributed by atoms with Gasteiger partial charge in [0.05, 0.1) is 6.04 Å². The van der Waals surface area contributed by atoms with Crippen LogP contribution in [0.5, 0.6) is 5.75 Å². The molecule has 0 aliphatic carbocycles. The third-order valence-corrected chi connectivity index (χ3v) is 6.66. The van der Waals surface area contributed by atoms with Crippen molar-refractivity contribution >= 4 is 23.7 Å². The molecule has 36 heavy (non-hydrogen) atoms. The number of carboxylic acids is 1. The first kappa shape index (κ1) is 29.1. The summed E-state index contributed by atoms with van der Waals surface area (Å²) < 4.78 is 0. The maximum atomic E-state index is 13.2. The van der Waals surface area contributed by atoms with Crippen LogP contribution in [0.2, 0.25) is 0 Å². The second-order valence-corrected chi connectivity index (χ2v) is 10.1. The minimum absolute atomic E-state index is 0.0619. The number of aliphatic carboxylic acids is 1. The number of phenolic OH excluding ortho intramolecular Hbond substituents is 1. The van der Waals surface area contributed by atoms with Crippen LogP contribution < -0.4 is 16.4 Å². The molecular weight excluding hydrogens is 464 g/mol. The van der Waals surface area contributed by atoms with Crippen LogP contribution in [-0.4, -0.2) is 69.5 Å². The quantitative estimate of drug-likeness (QED) is 0.287. The van der Waals surface area contributed by atoms with Crippen LogP contribution in [0.25, 0.3) is 0 Å². The van der Waals surface area contributed by atoms with Gasteiger partial charge in [-0.2, -0.15) is 0 Å². The summed E-state index contributed by atoms with van der Waals surface area (Å²) in [7, 11) is 0. The van der Waals surface area contributed by atoms with Crippen molar-refractivity contribution in [2.45, 2.75) is 84.0 Å². The molecule has 1 aromatic carbocycles. The fraction of sp³-hybridized carbons (Fsp3) is 0.615. The molecule has 1 aromatic rings. The summed E-state index contributed by atoms with van der Waals surface area (Å²) in [4.78, 5) is 52.5. The molecule has 0 saturated carbocycles. The van der Waals surface area contributed by atoms with Crippen molar-refractivity contribution in [2.75, 3.05) is 6.54 Å². The number of nitrogens with zero attached hydrogens (tertiary/aromatic N) is 1. The molecule has 0 aromatic heterocycles. The van der Waals surface area contributed by atoms with Gasteiger partial charge < -0.3 is 31.5 Å². The Morgan fingerprint density at radius 2 is 1.75 bits per heavy atom. The minimum atomic E-state index is -1.12. The highest BCUT2D eigenvalue weighted by Gasteiger charge is 2.38. The predicted octanol–water partition coefficient (Wildman–Crippen LogP) is 1.40. The Morgan fingerprint density at radius 3 is 2.31 bits per heavy atom. The van der Waals surface area contributed by atoms with Gasteiger partial charge in [-0.15, -0.1) is 0 Å². The van der Waals surface area contributed by atoms with Crippen LogP contribution in [0.4, 0.5) is 0 Å². The summed E-state index contributed by atoms with van der Waals surface area (Å²) in [5.41, 5.74) is 6.96. The molecular formula is C26H40N4O6. The van der Waals surface area contributed by atoms with Crippen molar-refractivity contribution in [1.82, 2.24) is 15.5 Å². The zero-order valence-corrected chi connectivity index (χ0v) is 21.6. The topological polar surface area (TPSA) is 162 Å². The Kier molecular flexibility index (Phi) is 10.7. The number of nitrogens with two attached hydrogens (primary N) is 1. The van der Waals surface area contributed by atoms with E-state index in [-0.39, 0.29) is 36.3 Å². The van der Waals surface area contributed by atoms with Crippen LogP contribution in [0, 0.1) is 11.8 Å². The average molecular weight is 505 g/mol. The van der Waals surface area contributed by atoms with Gasteiger partial charge in [0.2, 0.25) is 17.7 Å². The summed E-state index contributed by atoms with van der Waals surface area (Å²) >= 11 is 0. The maximum Gasteiger partial charge on any atom is 0.326 e. The summed E-state index contributed by atoms with van der Waals surface area (Å²) in [5, 5.41) is 24.3. The number of likely N-dealkylation sites (tertiary alicyclic amines) is 1. The maximum absolute atomic E-state index is 13.2.